The molecule has 1 atom stereocenters. The fourth-order valence-electron chi connectivity index (χ4n) is 2.66. The lowest BCUT2D eigenvalue weighted by Gasteiger charge is -2.28. The van der Waals surface area contributed by atoms with Gasteiger partial charge in [-0.2, -0.15) is 0 Å². The summed E-state index contributed by atoms with van der Waals surface area (Å²) in [6.45, 7) is 5.95. The molecule has 0 N–H and O–H groups in total. The first kappa shape index (κ1) is 17.7. The number of ether oxygens (including phenoxy) is 1. The predicted molar refractivity (Wildman–Crippen MR) is 87.7 cm³/mol. The van der Waals surface area contributed by atoms with Crippen molar-refractivity contribution in [2.24, 2.45) is 0 Å². The second-order valence-electron chi connectivity index (χ2n) is 6.89. The minimum Gasteiger partial charge on any atom is -0.444 e. The first-order valence-electron chi connectivity index (χ1n) is 7.75. The molecule has 7 heteroatoms. The van der Waals surface area contributed by atoms with Crippen LogP contribution >= 0.6 is 0 Å². The van der Waals surface area contributed by atoms with Crippen LogP contribution in [-0.4, -0.2) is 48.3 Å². The quantitative estimate of drug-likeness (QED) is 0.841. The molecule has 2 rings (SSSR count). The Morgan fingerprint density at radius 3 is 2.78 bits per heavy atom. The van der Waals surface area contributed by atoms with Crippen molar-refractivity contribution in [1.82, 2.24) is 9.88 Å². The molecular formula is C16H24N2O4S. The fourth-order valence-corrected chi connectivity index (χ4v) is 4.39. The van der Waals surface area contributed by atoms with Gasteiger partial charge < -0.3 is 9.64 Å². The number of pyridine rings is 1. The molecule has 0 aliphatic carbocycles. The van der Waals surface area contributed by atoms with Crippen LogP contribution < -0.4 is 0 Å². The number of carbonyl (C=O) groups is 1. The van der Waals surface area contributed by atoms with E-state index < -0.39 is 21.5 Å². The van der Waals surface area contributed by atoms with Crippen LogP contribution in [0.2, 0.25) is 0 Å². The Morgan fingerprint density at radius 2 is 2.17 bits per heavy atom. The third-order valence-electron chi connectivity index (χ3n) is 3.56. The summed E-state index contributed by atoms with van der Waals surface area (Å²) in [6, 6.07) is 3.14. The Bertz CT molecular complexity index is 638. The molecule has 1 amide bonds. The lowest BCUT2D eigenvalue weighted by molar-refractivity contribution is 0.0241. The highest BCUT2D eigenvalue weighted by molar-refractivity contribution is 7.90. The van der Waals surface area contributed by atoms with Gasteiger partial charge in [0.05, 0.1) is 11.5 Å². The maximum atomic E-state index is 12.4. The van der Waals surface area contributed by atoms with Gasteiger partial charge in [0.1, 0.15) is 5.60 Å². The molecule has 23 heavy (non-hydrogen) atoms. The second kappa shape index (κ2) is 6.86. The minimum absolute atomic E-state index is 0.0405. The van der Waals surface area contributed by atoms with E-state index in [9.17, 15) is 13.2 Å². The van der Waals surface area contributed by atoms with Gasteiger partial charge in [0.2, 0.25) is 0 Å². The Kier molecular flexibility index (Phi) is 5.29. The second-order valence-corrected chi connectivity index (χ2v) is 8.99. The smallest absolute Gasteiger partial charge is 0.410 e. The van der Waals surface area contributed by atoms with Crippen LogP contribution in [0.1, 0.15) is 39.2 Å². The minimum atomic E-state index is -3.32. The van der Waals surface area contributed by atoms with Crippen LogP contribution in [0.5, 0.6) is 0 Å². The zero-order valence-corrected chi connectivity index (χ0v) is 14.7. The van der Waals surface area contributed by atoms with Gasteiger partial charge in [0.15, 0.2) is 9.84 Å². The highest BCUT2D eigenvalue weighted by Gasteiger charge is 2.34. The number of aromatic nitrogens is 1. The van der Waals surface area contributed by atoms with Gasteiger partial charge in [-0.3, -0.25) is 4.98 Å². The van der Waals surface area contributed by atoms with Gasteiger partial charge in [-0.1, -0.05) is 6.07 Å². The van der Waals surface area contributed by atoms with Gasteiger partial charge in [-0.15, -0.1) is 0 Å². The summed E-state index contributed by atoms with van der Waals surface area (Å²) in [7, 11) is -3.32. The van der Waals surface area contributed by atoms with Gasteiger partial charge in [0.25, 0.3) is 0 Å². The molecule has 1 aromatic rings. The van der Waals surface area contributed by atoms with Crippen LogP contribution in [-0.2, 0) is 20.3 Å². The van der Waals surface area contributed by atoms with Gasteiger partial charge >= 0.3 is 6.09 Å². The molecule has 0 aromatic carbocycles. The Labute approximate surface area is 137 Å². The van der Waals surface area contributed by atoms with E-state index in [2.05, 4.69) is 4.98 Å². The Hall–Kier alpha value is -1.63. The summed E-state index contributed by atoms with van der Waals surface area (Å²) in [5, 5.41) is 0. The fraction of sp³-hybridized carbons (Fsp3) is 0.625. The van der Waals surface area contributed by atoms with E-state index in [4.69, 9.17) is 4.74 Å². The average Bonchev–Trinajstić information content (AvgIpc) is 2.84. The number of nitrogens with zero attached hydrogens (tertiary/aromatic N) is 2. The summed E-state index contributed by atoms with van der Waals surface area (Å²) in [4.78, 5) is 17.7. The van der Waals surface area contributed by atoms with Crippen molar-refractivity contribution in [3.05, 3.63) is 30.1 Å². The van der Waals surface area contributed by atoms with Crippen molar-refractivity contribution in [3.8, 4) is 0 Å². The molecule has 6 nitrogen and oxygen atoms in total. The molecular weight excluding hydrogens is 316 g/mol. The number of carbonyl (C=O) groups excluding carboxylic acids is 1. The molecule has 128 valence electrons. The molecule has 0 saturated carbocycles. The zero-order chi connectivity index (χ0) is 17.1. The molecule has 0 unspecified atom stereocenters. The normalized spacial score (nSPS) is 18.9. The molecule has 1 aliphatic heterocycles. The summed E-state index contributed by atoms with van der Waals surface area (Å²) in [5.74, 6) is -0.0966. The Balaban J connectivity index is 2.01. The van der Waals surface area contributed by atoms with Crippen LogP contribution in [0.15, 0.2) is 24.5 Å². The SMILES string of the molecule is CC(C)(C)OC(=O)N1CCC[C@H]1CS(=O)(=O)Cc1cccnc1. The van der Waals surface area contributed by atoms with Crippen LogP contribution in [0, 0.1) is 0 Å². The van der Waals surface area contributed by atoms with Crippen LogP contribution in [0.4, 0.5) is 4.79 Å². The zero-order valence-electron chi connectivity index (χ0n) is 13.9. The largest absolute Gasteiger partial charge is 0.444 e. The van der Waals surface area contributed by atoms with E-state index in [0.29, 0.717) is 18.5 Å². The monoisotopic (exact) mass is 340 g/mol. The highest BCUT2D eigenvalue weighted by atomic mass is 32.2. The number of rotatable bonds is 4. The molecule has 0 spiro atoms. The summed E-state index contributed by atoms with van der Waals surface area (Å²) in [6.07, 6.45) is 4.21. The predicted octanol–water partition coefficient (Wildman–Crippen LogP) is 2.40. The first-order chi connectivity index (χ1) is 10.7. The molecule has 1 saturated heterocycles. The molecule has 1 fully saturated rings. The van der Waals surface area contributed by atoms with Gasteiger partial charge in [-0.05, 0) is 45.2 Å². The van der Waals surface area contributed by atoms with E-state index in [1.165, 1.54) is 0 Å². The Morgan fingerprint density at radius 1 is 1.43 bits per heavy atom. The number of sulfone groups is 1. The summed E-state index contributed by atoms with van der Waals surface area (Å²) < 4.78 is 30.2. The topological polar surface area (TPSA) is 76.6 Å². The van der Waals surface area contributed by atoms with Crippen molar-refractivity contribution < 1.29 is 17.9 Å². The van der Waals surface area contributed by atoms with E-state index in [0.717, 1.165) is 6.42 Å². The lowest BCUT2D eigenvalue weighted by Crippen LogP contribution is -2.42. The maximum Gasteiger partial charge on any atom is 0.410 e. The van der Waals surface area contributed by atoms with Gasteiger partial charge in [0, 0.05) is 25.0 Å². The standard InChI is InChI=1S/C16H24N2O4S/c1-16(2,3)22-15(19)18-9-5-7-14(18)12-23(20,21)11-13-6-4-8-17-10-13/h4,6,8,10,14H,5,7,9,11-12H2,1-3H3/t14-/m0/s1. The number of hydrogen-bond acceptors (Lipinski definition) is 5. The number of hydrogen-bond donors (Lipinski definition) is 0. The molecule has 2 heterocycles. The molecule has 0 radical (unpaired) electrons. The van der Waals surface area contributed by atoms with E-state index in [-0.39, 0.29) is 17.5 Å². The molecule has 0 bridgehead atoms. The van der Waals surface area contributed by atoms with E-state index in [1.54, 1.807) is 50.2 Å². The third-order valence-corrected chi connectivity index (χ3v) is 5.23. The third kappa shape index (κ3) is 5.49. The summed E-state index contributed by atoms with van der Waals surface area (Å²) >= 11 is 0. The van der Waals surface area contributed by atoms with Crippen LogP contribution in [0.25, 0.3) is 0 Å². The molecule has 1 aromatic heterocycles. The van der Waals surface area contributed by atoms with Crippen molar-refractivity contribution in [3.63, 3.8) is 0 Å². The highest BCUT2D eigenvalue weighted by Crippen LogP contribution is 2.23. The lowest BCUT2D eigenvalue weighted by atomic mass is 10.2. The van der Waals surface area contributed by atoms with E-state index >= 15 is 0 Å². The number of likely N-dealkylation sites (tertiary alicyclic amines) is 1. The maximum absolute atomic E-state index is 12.4. The van der Waals surface area contributed by atoms with Crippen molar-refractivity contribution in [2.45, 2.75) is 51.0 Å². The average molecular weight is 340 g/mol. The van der Waals surface area contributed by atoms with Crippen molar-refractivity contribution >= 4 is 15.9 Å². The number of amides is 1. The van der Waals surface area contributed by atoms with Crippen molar-refractivity contribution in [1.29, 1.82) is 0 Å². The van der Waals surface area contributed by atoms with Gasteiger partial charge in [-0.25, -0.2) is 13.2 Å². The van der Waals surface area contributed by atoms with Crippen LogP contribution in [0.3, 0.4) is 0 Å². The first-order valence-corrected chi connectivity index (χ1v) is 9.57. The van der Waals surface area contributed by atoms with E-state index in [1.807, 2.05) is 0 Å². The molecule has 1 aliphatic rings. The summed E-state index contributed by atoms with van der Waals surface area (Å²) in [5.41, 5.74) is 0.0769. The van der Waals surface area contributed by atoms with Crippen molar-refractivity contribution in [2.75, 3.05) is 12.3 Å².